The van der Waals surface area contributed by atoms with Crippen molar-refractivity contribution in [1.29, 1.82) is 0 Å². The molecule has 3 heteroatoms. The molecule has 94 valence electrons. The summed E-state index contributed by atoms with van der Waals surface area (Å²) in [5.74, 6) is 0. The zero-order valence-corrected chi connectivity index (χ0v) is 11.7. The summed E-state index contributed by atoms with van der Waals surface area (Å²) in [4.78, 5) is 6.19. The van der Waals surface area contributed by atoms with Crippen LogP contribution in [0.15, 0.2) is 18.2 Å². The molecule has 1 aromatic heterocycles. The molecule has 0 aliphatic heterocycles. The smallest absolute Gasteiger partial charge is 0.124 e. The van der Waals surface area contributed by atoms with E-state index < -0.39 is 0 Å². The molecule has 1 aliphatic rings. The fraction of sp³-hybridized carbons (Fsp3) is 0.400. The maximum Gasteiger partial charge on any atom is 0.124 e. The first-order valence-corrected chi connectivity index (χ1v) is 7.30. The summed E-state index contributed by atoms with van der Waals surface area (Å²) in [7, 11) is 0. The zero-order chi connectivity index (χ0) is 12.7. The van der Waals surface area contributed by atoms with Gasteiger partial charge in [0.15, 0.2) is 0 Å². The van der Waals surface area contributed by atoms with Crippen molar-refractivity contribution in [1.82, 2.24) is 4.98 Å². The predicted molar refractivity (Wildman–Crippen MR) is 76.9 cm³/mol. The summed E-state index contributed by atoms with van der Waals surface area (Å²) in [5, 5.41) is 1.14. The zero-order valence-electron chi connectivity index (χ0n) is 10.9. The number of aromatic nitrogens is 1. The summed E-state index contributed by atoms with van der Waals surface area (Å²) in [6, 6.07) is 6.57. The minimum absolute atomic E-state index is 0.142. The Morgan fingerprint density at radius 3 is 2.94 bits per heavy atom. The van der Waals surface area contributed by atoms with Crippen molar-refractivity contribution < 1.29 is 0 Å². The summed E-state index contributed by atoms with van der Waals surface area (Å²) in [5.41, 5.74) is 11.2. The fourth-order valence-electron chi connectivity index (χ4n) is 2.55. The highest BCUT2D eigenvalue weighted by atomic mass is 32.1. The second-order valence-corrected chi connectivity index (χ2v) is 6.16. The molecule has 0 amide bonds. The van der Waals surface area contributed by atoms with Gasteiger partial charge in [0.05, 0.1) is 5.69 Å². The number of fused-ring (bicyclic) bond motifs is 1. The molecule has 1 atom stereocenters. The van der Waals surface area contributed by atoms with E-state index in [1.165, 1.54) is 28.0 Å². The molecule has 18 heavy (non-hydrogen) atoms. The Labute approximate surface area is 112 Å². The molecule has 0 bridgehead atoms. The van der Waals surface area contributed by atoms with Gasteiger partial charge in [0.25, 0.3) is 0 Å². The minimum Gasteiger partial charge on any atom is -0.323 e. The van der Waals surface area contributed by atoms with Crippen LogP contribution < -0.4 is 5.73 Å². The number of hydrogen-bond donors (Lipinski definition) is 1. The van der Waals surface area contributed by atoms with Gasteiger partial charge < -0.3 is 5.73 Å². The van der Waals surface area contributed by atoms with E-state index >= 15 is 0 Å². The highest BCUT2D eigenvalue weighted by molar-refractivity contribution is 7.15. The normalized spacial score (nSPS) is 18.7. The first-order chi connectivity index (χ1) is 8.66. The Balaban J connectivity index is 2.10. The summed E-state index contributed by atoms with van der Waals surface area (Å²) < 4.78 is 0. The second-order valence-electron chi connectivity index (χ2n) is 5.07. The highest BCUT2D eigenvalue weighted by Crippen LogP contribution is 2.37. The quantitative estimate of drug-likeness (QED) is 0.845. The lowest BCUT2D eigenvalue weighted by molar-refractivity contribution is 0.564. The topological polar surface area (TPSA) is 38.9 Å². The SMILES string of the molecule is Cc1cccc(-c2nc3c(s2)CCCC3N)c1C. The maximum atomic E-state index is 6.15. The molecule has 0 spiro atoms. The lowest BCUT2D eigenvalue weighted by Crippen LogP contribution is -2.16. The first kappa shape index (κ1) is 11.9. The standard InChI is InChI=1S/C15H18N2S/c1-9-5-3-6-11(10(9)2)15-17-14-12(16)7-4-8-13(14)18-15/h3,5-6,12H,4,7-8,16H2,1-2H3. The van der Waals surface area contributed by atoms with Gasteiger partial charge in [0.2, 0.25) is 0 Å². The van der Waals surface area contributed by atoms with Gasteiger partial charge >= 0.3 is 0 Å². The van der Waals surface area contributed by atoms with Crippen molar-refractivity contribution in [2.45, 2.75) is 39.2 Å². The number of rotatable bonds is 1. The van der Waals surface area contributed by atoms with Gasteiger partial charge in [-0.1, -0.05) is 18.2 Å². The van der Waals surface area contributed by atoms with Gasteiger partial charge in [-0.15, -0.1) is 11.3 Å². The van der Waals surface area contributed by atoms with Crippen LogP contribution in [0.2, 0.25) is 0 Å². The number of nitrogens with zero attached hydrogens (tertiary/aromatic N) is 1. The molecular formula is C15H18N2S. The van der Waals surface area contributed by atoms with Crippen LogP contribution >= 0.6 is 11.3 Å². The molecule has 1 heterocycles. The summed E-state index contributed by atoms with van der Waals surface area (Å²) in [6.45, 7) is 4.32. The molecular weight excluding hydrogens is 240 g/mol. The van der Waals surface area contributed by atoms with Crippen LogP contribution in [0.25, 0.3) is 10.6 Å². The predicted octanol–water partition coefficient (Wildman–Crippen LogP) is 3.76. The Bertz CT molecular complexity index is 586. The number of thiazole rings is 1. The number of aryl methyl sites for hydroxylation is 2. The average molecular weight is 258 g/mol. The van der Waals surface area contributed by atoms with Crippen LogP contribution in [0.4, 0.5) is 0 Å². The molecule has 2 nitrogen and oxygen atoms in total. The molecule has 0 radical (unpaired) electrons. The highest BCUT2D eigenvalue weighted by Gasteiger charge is 2.22. The average Bonchev–Trinajstić information content (AvgIpc) is 2.78. The van der Waals surface area contributed by atoms with Gasteiger partial charge in [-0.2, -0.15) is 0 Å². The molecule has 0 saturated carbocycles. The Kier molecular flexibility index (Phi) is 2.96. The fourth-order valence-corrected chi connectivity index (χ4v) is 3.81. The monoisotopic (exact) mass is 258 g/mol. The molecule has 1 aliphatic carbocycles. The van der Waals surface area contributed by atoms with E-state index in [9.17, 15) is 0 Å². The molecule has 2 aromatic rings. The van der Waals surface area contributed by atoms with Crippen molar-refractivity contribution in [2.75, 3.05) is 0 Å². The Morgan fingerprint density at radius 2 is 2.17 bits per heavy atom. The second kappa shape index (κ2) is 4.48. The van der Waals surface area contributed by atoms with Crippen LogP contribution in [0.3, 0.4) is 0 Å². The summed E-state index contributed by atoms with van der Waals surface area (Å²) >= 11 is 1.82. The van der Waals surface area contributed by atoms with Gasteiger partial charge in [-0.05, 0) is 44.2 Å². The van der Waals surface area contributed by atoms with Crippen LogP contribution in [0.1, 0.15) is 40.6 Å². The molecule has 0 fully saturated rings. The number of benzene rings is 1. The van der Waals surface area contributed by atoms with Crippen LogP contribution in [0.5, 0.6) is 0 Å². The first-order valence-electron chi connectivity index (χ1n) is 6.48. The van der Waals surface area contributed by atoms with E-state index in [0.717, 1.165) is 23.5 Å². The van der Waals surface area contributed by atoms with Gasteiger partial charge in [-0.3, -0.25) is 0 Å². The van der Waals surface area contributed by atoms with E-state index in [1.54, 1.807) is 0 Å². The number of hydrogen-bond acceptors (Lipinski definition) is 3. The van der Waals surface area contributed by atoms with Gasteiger partial charge in [-0.25, -0.2) is 4.98 Å². The van der Waals surface area contributed by atoms with Crippen LogP contribution in [0, 0.1) is 13.8 Å². The van der Waals surface area contributed by atoms with Crippen LogP contribution in [-0.2, 0) is 6.42 Å². The molecule has 1 unspecified atom stereocenters. The number of nitrogens with two attached hydrogens (primary N) is 1. The van der Waals surface area contributed by atoms with Crippen molar-refractivity contribution in [3.63, 3.8) is 0 Å². The van der Waals surface area contributed by atoms with Crippen molar-refractivity contribution >= 4 is 11.3 Å². The van der Waals surface area contributed by atoms with Crippen LogP contribution in [-0.4, -0.2) is 4.98 Å². The molecule has 1 aromatic carbocycles. The van der Waals surface area contributed by atoms with E-state index in [1.807, 2.05) is 11.3 Å². The molecule has 2 N–H and O–H groups in total. The summed E-state index contributed by atoms with van der Waals surface area (Å²) in [6.07, 6.45) is 3.41. The maximum absolute atomic E-state index is 6.15. The van der Waals surface area contributed by atoms with Crippen molar-refractivity contribution in [3.8, 4) is 10.6 Å². The third kappa shape index (κ3) is 1.88. The lowest BCUT2D eigenvalue weighted by Gasteiger charge is -2.15. The molecule has 0 saturated heterocycles. The van der Waals surface area contributed by atoms with Crippen molar-refractivity contribution in [3.05, 3.63) is 39.9 Å². The Morgan fingerprint density at radius 1 is 1.33 bits per heavy atom. The van der Waals surface area contributed by atoms with E-state index in [-0.39, 0.29) is 6.04 Å². The van der Waals surface area contributed by atoms with E-state index in [4.69, 9.17) is 10.7 Å². The van der Waals surface area contributed by atoms with Crippen molar-refractivity contribution in [2.24, 2.45) is 5.73 Å². The largest absolute Gasteiger partial charge is 0.323 e. The molecule has 3 rings (SSSR count). The Hall–Kier alpha value is -1.19. The third-order valence-electron chi connectivity index (χ3n) is 3.83. The van der Waals surface area contributed by atoms with Gasteiger partial charge in [0.1, 0.15) is 5.01 Å². The van der Waals surface area contributed by atoms with Gasteiger partial charge in [0, 0.05) is 16.5 Å². The third-order valence-corrected chi connectivity index (χ3v) is 5.00. The minimum atomic E-state index is 0.142. The lowest BCUT2D eigenvalue weighted by atomic mass is 9.98. The van der Waals surface area contributed by atoms with E-state index in [2.05, 4.69) is 32.0 Å². The van der Waals surface area contributed by atoms with E-state index in [0.29, 0.717) is 0 Å².